The number of carbonyl (C=O) groups is 4. The van der Waals surface area contributed by atoms with E-state index < -0.39 is 38.6 Å². The molecule has 2 aromatic carbocycles. The van der Waals surface area contributed by atoms with Crippen LogP contribution in [0.5, 0.6) is 0 Å². The first kappa shape index (κ1) is 23.1. The van der Waals surface area contributed by atoms with Crippen molar-refractivity contribution in [2.75, 3.05) is 4.72 Å². The number of amides is 2. The second-order valence-corrected chi connectivity index (χ2v) is 9.87. The van der Waals surface area contributed by atoms with Gasteiger partial charge >= 0.3 is 0 Å². The zero-order valence-corrected chi connectivity index (χ0v) is 18.7. The van der Waals surface area contributed by atoms with Gasteiger partial charge in [-0.1, -0.05) is 17.7 Å². The van der Waals surface area contributed by atoms with Crippen molar-refractivity contribution in [2.45, 2.75) is 43.0 Å². The van der Waals surface area contributed by atoms with Crippen LogP contribution in [0.4, 0.5) is 10.1 Å². The van der Waals surface area contributed by atoms with Crippen LogP contribution < -0.4 is 4.72 Å². The maximum absolute atomic E-state index is 14.2. The monoisotopic (exact) mass is 492 g/mol. The van der Waals surface area contributed by atoms with Gasteiger partial charge in [0.2, 0.25) is 0 Å². The Kier molecular flexibility index (Phi) is 6.06. The van der Waals surface area contributed by atoms with E-state index in [4.69, 9.17) is 11.6 Å². The maximum atomic E-state index is 14.2. The van der Waals surface area contributed by atoms with Crippen molar-refractivity contribution in [3.05, 3.63) is 58.4 Å². The highest BCUT2D eigenvalue weighted by Crippen LogP contribution is 2.31. The van der Waals surface area contributed by atoms with E-state index in [1.165, 1.54) is 24.3 Å². The predicted octanol–water partition coefficient (Wildman–Crippen LogP) is 3.35. The lowest BCUT2D eigenvalue weighted by Gasteiger charge is -2.26. The van der Waals surface area contributed by atoms with Crippen LogP contribution in [0.2, 0.25) is 5.02 Å². The number of ketones is 2. The number of Topliss-reactive ketones (excluding diaryl/α,β-unsaturated/α-hetero) is 2. The highest BCUT2D eigenvalue weighted by Gasteiger charge is 2.43. The Bertz CT molecular complexity index is 1310. The number of nitrogens with zero attached hydrogens (tertiary/aromatic N) is 1. The summed E-state index contributed by atoms with van der Waals surface area (Å²) in [7, 11) is -4.38. The molecule has 1 fully saturated rings. The molecular weight excluding hydrogens is 475 g/mol. The lowest BCUT2D eigenvalue weighted by atomic mass is 9.94. The van der Waals surface area contributed by atoms with Crippen LogP contribution in [-0.2, 0) is 19.6 Å². The van der Waals surface area contributed by atoms with Crippen LogP contribution >= 0.6 is 11.6 Å². The summed E-state index contributed by atoms with van der Waals surface area (Å²) in [6.45, 7) is 0. The van der Waals surface area contributed by atoms with Crippen molar-refractivity contribution in [1.82, 2.24) is 4.90 Å². The molecule has 2 amide bonds. The van der Waals surface area contributed by atoms with Crippen molar-refractivity contribution in [3.8, 4) is 0 Å². The van der Waals surface area contributed by atoms with E-state index in [1.54, 1.807) is 0 Å². The third-order valence-corrected chi connectivity index (χ3v) is 7.33. The molecule has 0 bridgehead atoms. The van der Waals surface area contributed by atoms with Crippen molar-refractivity contribution in [2.24, 2.45) is 0 Å². The van der Waals surface area contributed by atoms with Crippen molar-refractivity contribution >= 4 is 50.7 Å². The van der Waals surface area contributed by atoms with Crippen LogP contribution in [0.1, 0.15) is 52.8 Å². The SMILES string of the molecule is O=C1CCCC(=O)C(N2C(=O)c3ccc(NS(=O)(=O)c4cccc(Cl)c4F)cc3C2=O)CC1. The first-order valence-electron chi connectivity index (χ1n) is 10.1. The van der Waals surface area contributed by atoms with E-state index in [0.29, 0.717) is 6.42 Å². The minimum Gasteiger partial charge on any atom is -0.300 e. The number of anilines is 1. The summed E-state index contributed by atoms with van der Waals surface area (Å²) in [6, 6.07) is 6.15. The average Bonchev–Trinajstić information content (AvgIpc) is 2.99. The topological polar surface area (TPSA) is 118 Å². The van der Waals surface area contributed by atoms with E-state index in [-0.39, 0.29) is 59.1 Å². The summed E-state index contributed by atoms with van der Waals surface area (Å²) in [4.78, 5) is 50.5. The van der Waals surface area contributed by atoms with E-state index in [0.717, 1.165) is 17.0 Å². The number of rotatable bonds is 4. The molecule has 172 valence electrons. The summed E-state index contributed by atoms with van der Waals surface area (Å²) in [5, 5.41) is -0.370. The molecular formula is C22H18ClFN2O6S. The van der Waals surface area contributed by atoms with Gasteiger partial charge in [-0.3, -0.25) is 28.8 Å². The predicted molar refractivity (Wildman–Crippen MR) is 116 cm³/mol. The molecule has 0 aromatic heterocycles. The molecule has 33 heavy (non-hydrogen) atoms. The molecule has 0 spiro atoms. The Morgan fingerprint density at radius 2 is 1.70 bits per heavy atom. The standard InChI is InChI=1S/C22H18ClFN2O6S/c23-16-4-2-6-19(20(16)24)33(31,32)25-12-7-9-14-15(11-12)22(30)26(21(14)29)17-10-8-13(27)3-1-5-18(17)28/h2,4,6-7,9,11,17,25H,1,3,5,8,10H2. The molecule has 1 unspecified atom stereocenters. The minimum absolute atomic E-state index is 0.0121. The molecule has 8 nitrogen and oxygen atoms in total. The number of nitrogens with one attached hydrogen (secondary N) is 1. The largest absolute Gasteiger partial charge is 0.300 e. The summed E-state index contributed by atoms with van der Waals surface area (Å²) in [5.41, 5.74) is -0.152. The summed E-state index contributed by atoms with van der Waals surface area (Å²) < 4.78 is 41.6. The van der Waals surface area contributed by atoms with Crippen LogP contribution in [0.3, 0.4) is 0 Å². The van der Waals surface area contributed by atoms with Crippen molar-refractivity contribution < 1.29 is 32.0 Å². The lowest BCUT2D eigenvalue weighted by molar-refractivity contribution is -0.125. The van der Waals surface area contributed by atoms with E-state index >= 15 is 0 Å². The summed E-state index contributed by atoms with van der Waals surface area (Å²) >= 11 is 5.66. The normalized spacial score (nSPS) is 19.3. The minimum atomic E-state index is -4.38. The Balaban J connectivity index is 1.63. The van der Waals surface area contributed by atoms with Gasteiger partial charge in [0.25, 0.3) is 21.8 Å². The molecule has 2 aromatic rings. The number of carbonyl (C=O) groups excluding carboxylic acids is 4. The van der Waals surface area contributed by atoms with Gasteiger partial charge in [-0.25, -0.2) is 12.8 Å². The Labute approximate surface area is 193 Å². The molecule has 11 heteroatoms. The molecule has 0 saturated heterocycles. The quantitative estimate of drug-likeness (QED) is 0.654. The maximum Gasteiger partial charge on any atom is 0.264 e. The summed E-state index contributed by atoms with van der Waals surface area (Å²) in [6.07, 6.45) is 0.872. The number of hydrogen-bond donors (Lipinski definition) is 1. The number of hydrogen-bond acceptors (Lipinski definition) is 6. The van der Waals surface area contributed by atoms with Gasteiger partial charge in [-0.15, -0.1) is 0 Å². The van der Waals surface area contributed by atoms with Crippen LogP contribution in [0.15, 0.2) is 41.3 Å². The number of benzene rings is 2. The fourth-order valence-corrected chi connectivity index (χ4v) is 5.37. The Morgan fingerprint density at radius 3 is 2.45 bits per heavy atom. The van der Waals surface area contributed by atoms with Gasteiger partial charge in [-0.2, -0.15) is 0 Å². The fourth-order valence-electron chi connectivity index (χ4n) is 3.99. The number of imide groups is 1. The fraction of sp³-hybridized carbons (Fsp3) is 0.273. The third-order valence-electron chi connectivity index (χ3n) is 5.63. The van der Waals surface area contributed by atoms with Gasteiger partial charge in [0.05, 0.1) is 22.2 Å². The Hall–Kier alpha value is -3.11. The van der Waals surface area contributed by atoms with Crippen LogP contribution in [0.25, 0.3) is 0 Å². The zero-order valence-electron chi connectivity index (χ0n) is 17.1. The molecule has 1 N–H and O–H groups in total. The molecule has 4 rings (SSSR count). The molecule has 1 heterocycles. The van der Waals surface area contributed by atoms with Crippen LogP contribution in [-0.4, -0.2) is 42.7 Å². The number of sulfonamides is 1. The van der Waals surface area contributed by atoms with Gasteiger partial charge in [0.15, 0.2) is 11.6 Å². The highest BCUT2D eigenvalue weighted by atomic mass is 35.5. The van der Waals surface area contributed by atoms with E-state index in [2.05, 4.69) is 4.72 Å². The second-order valence-electron chi connectivity index (χ2n) is 7.81. The molecule has 2 aliphatic rings. The smallest absolute Gasteiger partial charge is 0.264 e. The lowest BCUT2D eigenvalue weighted by Crippen LogP contribution is -2.45. The van der Waals surface area contributed by atoms with Gasteiger partial charge < -0.3 is 0 Å². The molecule has 1 aliphatic heterocycles. The van der Waals surface area contributed by atoms with Gasteiger partial charge in [0, 0.05) is 24.9 Å². The van der Waals surface area contributed by atoms with Crippen LogP contribution in [0, 0.1) is 5.82 Å². The third kappa shape index (κ3) is 4.28. The summed E-state index contributed by atoms with van der Waals surface area (Å²) in [5.74, 6) is -2.89. The first-order valence-corrected chi connectivity index (χ1v) is 12.0. The average molecular weight is 493 g/mol. The number of fused-ring (bicyclic) bond motifs is 1. The molecule has 1 aliphatic carbocycles. The zero-order chi connectivity index (χ0) is 23.9. The number of halogens is 2. The van der Waals surface area contributed by atoms with Gasteiger partial charge in [-0.05, 0) is 43.2 Å². The molecule has 1 saturated carbocycles. The van der Waals surface area contributed by atoms with E-state index in [9.17, 15) is 32.0 Å². The van der Waals surface area contributed by atoms with E-state index in [1.807, 2.05) is 0 Å². The van der Waals surface area contributed by atoms with Crippen molar-refractivity contribution in [3.63, 3.8) is 0 Å². The first-order chi connectivity index (χ1) is 15.6. The Morgan fingerprint density at radius 1 is 0.970 bits per heavy atom. The molecule has 0 radical (unpaired) electrons. The van der Waals surface area contributed by atoms with Gasteiger partial charge in [0.1, 0.15) is 10.7 Å². The highest BCUT2D eigenvalue weighted by molar-refractivity contribution is 7.92. The van der Waals surface area contributed by atoms with Crippen molar-refractivity contribution in [1.29, 1.82) is 0 Å². The second kappa shape index (κ2) is 8.68. The molecule has 1 atom stereocenters.